The van der Waals surface area contributed by atoms with Crippen molar-refractivity contribution in [2.24, 2.45) is 0 Å². The van der Waals surface area contributed by atoms with E-state index in [1.54, 1.807) is 12.3 Å². The molecule has 0 saturated heterocycles. The summed E-state index contributed by atoms with van der Waals surface area (Å²) in [5.74, 6) is -0.0555. The fraction of sp³-hybridized carbons (Fsp3) is 0.286. The molecular weight excluding hydrogens is 296 g/mol. The standard InChI is InChI=1S/C14H15ClN2O2S/c1-14(2,13-16-5-6-20-13)17-12(19)7-9-3-4-10(18)8-11(9)15/h3-6,8,18H,7H2,1-2H3,(H,17,19). The third kappa shape index (κ3) is 3.49. The molecule has 2 N–H and O–H groups in total. The van der Waals surface area contributed by atoms with E-state index in [1.807, 2.05) is 19.2 Å². The van der Waals surface area contributed by atoms with Crippen LogP contribution in [0.3, 0.4) is 0 Å². The molecule has 0 radical (unpaired) electrons. The fourth-order valence-electron chi connectivity index (χ4n) is 1.83. The molecule has 0 bridgehead atoms. The number of benzene rings is 1. The van der Waals surface area contributed by atoms with Gasteiger partial charge in [-0.15, -0.1) is 11.3 Å². The minimum atomic E-state index is -0.519. The molecule has 0 fully saturated rings. The molecule has 0 unspecified atom stereocenters. The maximum Gasteiger partial charge on any atom is 0.225 e. The molecule has 0 aliphatic rings. The second-order valence-corrected chi connectivity index (χ2v) is 6.26. The predicted molar refractivity (Wildman–Crippen MR) is 80.1 cm³/mol. The molecule has 1 aromatic heterocycles. The van der Waals surface area contributed by atoms with Crippen LogP contribution in [-0.2, 0) is 16.8 Å². The number of aromatic nitrogens is 1. The zero-order valence-electron chi connectivity index (χ0n) is 11.2. The number of carbonyl (C=O) groups is 1. The third-order valence-corrected chi connectivity index (χ3v) is 4.26. The van der Waals surface area contributed by atoms with Crippen molar-refractivity contribution in [3.8, 4) is 5.75 Å². The quantitative estimate of drug-likeness (QED) is 0.912. The van der Waals surface area contributed by atoms with Gasteiger partial charge in [0.25, 0.3) is 0 Å². The molecule has 0 aliphatic carbocycles. The Morgan fingerprint density at radius 2 is 2.25 bits per heavy atom. The predicted octanol–water partition coefficient (Wildman–Crippen LogP) is 3.10. The highest BCUT2D eigenvalue weighted by molar-refractivity contribution is 7.09. The van der Waals surface area contributed by atoms with Gasteiger partial charge in [0, 0.05) is 16.6 Å². The first-order valence-corrected chi connectivity index (χ1v) is 7.32. The van der Waals surface area contributed by atoms with Crippen LogP contribution in [0.4, 0.5) is 0 Å². The topological polar surface area (TPSA) is 62.2 Å². The highest BCUT2D eigenvalue weighted by Crippen LogP contribution is 2.24. The average molecular weight is 311 g/mol. The zero-order chi connectivity index (χ0) is 14.8. The van der Waals surface area contributed by atoms with Crippen molar-refractivity contribution in [3.05, 3.63) is 45.4 Å². The van der Waals surface area contributed by atoms with E-state index in [4.69, 9.17) is 11.6 Å². The summed E-state index contributed by atoms with van der Waals surface area (Å²) in [4.78, 5) is 16.3. The Balaban J connectivity index is 2.06. The van der Waals surface area contributed by atoms with Crippen LogP contribution in [0.5, 0.6) is 5.75 Å². The number of carbonyl (C=O) groups excluding carboxylic acids is 1. The summed E-state index contributed by atoms with van der Waals surface area (Å²) >= 11 is 7.49. The summed E-state index contributed by atoms with van der Waals surface area (Å²) in [5, 5.41) is 15.3. The first-order valence-electron chi connectivity index (χ1n) is 6.07. The lowest BCUT2D eigenvalue weighted by Crippen LogP contribution is -2.41. The summed E-state index contributed by atoms with van der Waals surface area (Å²) in [7, 11) is 0. The van der Waals surface area contributed by atoms with Gasteiger partial charge in [0.2, 0.25) is 5.91 Å². The van der Waals surface area contributed by atoms with Crippen molar-refractivity contribution in [3.63, 3.8) is 0 Å². The van der Waals surface area contributed by atoms with Crippen molar-refractivity contribution in [2.45, 2.75) is 25.8 Å². The lowest BCUT2D eigenvalue weighted by atomic mass is 10.1. The van der Waals surface area contributed by atoms with E-state index < -0.39 is 5.54 Å². The first kappa shape index (κ1) is 14.8. The number of rotatable bonds is 4. The van der Waals surface area contributed by atoms with Crippen molar-refractivity contribution in [1.29, 1.82) is 0 Å². The number of hydrogen-bond donors (Lipinski definition) is 2. The molecule has 0 atom stereocenters. The SMILES string of the molecule is CC(C)(NC(=O)Cc1ccc(O)cc1Cl)c1nccs1. The van der Waals surface area contributed by atoms with Crippen molar-refractivity contribution >= 4 is 28.8 Å². The van der Waals surface area contributed by atoms with E-state index in [0.717, 1.165) is 5.01 Å². The number of nitrogens with one attached hydrogen (secondary N) is 1. The van der Waals surface area contributed by atoms with E-state index in [0.29, 0.717) is 10.6 Å². The molecule has 2 aromatic rings. The van der Waals surface area contributed by atoms with Gasteiger partial charge in [-0.1, -0.05) is 17.7 Å². The van der Waals surface area contributed by atoms with Gasteiger partial charge in [0.05, 0.1) is 12.0 Å². The largest absolute Gasteiger partial charge is 0.508 e. The second-order valence-electron chi connectivity index (χ2n) is 4.96. The van der Waals surface area contributed by atoms with E-state index in [9.17, 15) is 9.90 Å². The number of thiazole rings is 1. The average Bonchev–Trinajstić information content (AvgIpc) is 2.86. The van der Waals surface area contributed by atoms with Crippen LogP contribution in [-0.4, -0.2) is 16.0 Å². The molecule has 106 valence electrons. The van der Waals surface area contributed by atoms with Crippen LogP contribution in [0.25, 0.3) is 0 Å². The van der Waals surface area contributed by atoms with E-state index in [-0.39, 0.29) is 18.1 Å². The van der Waals surface area contributed by atoms with Crippen molar-refractivity contribution in [2.75, 3.05) is 0 Å². The minimum absolute atomic E-state index is 0.0854. The number of phenolic OH excluding ortho intramolecular Hbond substituents is 1. The Morgan fingerprint density at radius 1 is 1.50 bits per heavy atom. The van der Waals surface area contributed by atoms with Crippen LogP contribution in [0, 0.1) is 0 Å². The molecule has 20 heavy (non-hydrogen) atoms. The van der Waals surface area contributed by atoms with Crippen LogP contribution in [0.1, 0.15) is 24.4 Å². The van der Waals surface area contributed by atoms with Gasteiger partial charge in [0.15, 0.2) is 0 Å². The molecule has 4 nitrogen and oxygen atoms in total. The second kappa shape index (κ2) is 5.81. The Labute approximate surface area is 126 Å². The van der Waals surface area contributed by atoms with Gasteiger partial charge in [-0.25, -0.2) is 4.98 Å². The van der Waals surface area contributed by atoms with Crippen LogP contribution in [0.2, 0.25) is 5.02 Å². The Hall–Kier alpha value is -1.59. The summed E-state index contributed by atoms with van der Waals surface area (Å²) in [6.45, 7) is 3.81. The molecule has 1 heterocycles. The van der Waals surface area contributed by atoms with Gasteiger partial charge < -0.3 is 10.4 Å². The number of aromatic hydroxyl groups is 1. The molecule has 6 heteroatoms. The number of hydrogen-bond acceptors (Lipinski definition) is 4. The smallest absolute Gasteiger partial charge is 0.225 e. The van der Waals surface area contributed by atoms with E-state index in [2.05, 4.69) is 10.3 Å². The number of nitrogens with zero attached hydrogens (tertiary/aromatic N) is 1. The number of amides is 1. The Morgan fingerprint density at radius 3 is 2.85 bits per heavy atom. The molecule has 2 rings (SSSR count). The van der Waals surface area contributed by atoms with Crippen LogP contribution >= 0.6 is 22.9 Å². The van der Waals surface area contributed by atoms with Gasteiger partial charge in [-0.05, 0) is 31.5 Å². The van der Waals surface area contributed by atoms with Crippen molar-refractivity contribution < 1.29 is 9.90 Å². The van der Waals surface area contributed by atoms with Gasteiger partial charge in [0.1, 0.15) is 10.8 Å². The summed E-state index contributed by atoms with van der Waals surface area (Å²) < 4.78 is 0. The van der Waals surface area contributed by atoms with Crippen molar-refractivity contribution in [1.82, 2.24) is 10.3 Å². The highest BCUT2D eigenvalue weighted by Gasteiger charge is 2.25. The molecule has 0 spiro atoms. The monoisotopic (exact) mass is 310 g/mol. The Kier molecular flexibility index (Phi) is 4.30. The minimum Gasteiger partial charge on any atom is -0.508 e. The lowest BCUT2D eigenvalue weighted by molar-refractivity contribution is -0.122. The molecule has 1 aromatic carbocycles. The van der Waals surface area contributed by atoms with E-state index >= 15 is 0 Å². The number of halogens is 1. The van der Waals surface area contributed by atoms with Gasteiger partial charge >= 0.3 is 0 Å². The summed E-state index contributed by atoms with van der Waals surface area (Å²) in [6.07, 6.45) is 1.87. The highest BCUT2D eigenvalue weighted by atomic mass is 35.5. The fourth-order valence-corrected chi connectivity index (χ4v) is 2.79. The first-order chi connectivity index (χ1) is 9.38. The maximum absolute atomic E-state index is 12.1. The summed E-state index contributed by atoms with van der Waals surface area (Å²) in [5.41, 5.74) is 0.158. The van der Waals surface area contributed by atoms with Gasteiger partial charge in [-0.3, -0.25) is 4.79 Å². The molecule has 1 amide bonds. The normalized spacial score (nSPS) is 11.3. The van der Waals surface area contributed by atoms with E-state index in [1.165, 1.54) is 23.5 Å². The summed E-state index contributed by atoms with van der Waals surface area (Å²) in [6, 6.07) is 4.59. The molecule has 0 saturated carbocycles. The molecular formula is C14H15ClN2O2S. The van der Waals surface area contributed by atoms with Crippen LogP contribution in [0.15, 0.2) is 29.8 Å². The number of phenols is 1. The zero-order valence-corrected chi connectivity index (χ0v) is 12.8. The Bertz CT molecular complexity index is 612. The molecule has 0 aliphatic heterocycles. The lowest BCUT2D eigenvalue weighted by Gasteiger charge is -2.24. The van der Waals surface area contributed by atoms with Gasteiger partial charge in [-0.2, -0.15) is 0 Å². The van der Waals surface area contributed by atoms with Crippen LogP contribution < -0.4 is 5.32 Å². The maximum atomic E-state index is 12.1. The third-order valence-electron chi connectivity index (χ3n) is 2.81.